The molecule has 118 valence electrons. The minimum absolute atomic E-state index is 0.240. The fourth-order valence-electron chi connectivity index (χ4n) is 2.11. The molecule has 0 aliphatic heterocycles. The van der Waals surface area contributed by atoms with Crippen LogP contribution in [-0.4, -0.2) is 16.2 Å². The van der Waals surface area contributed by atoms with E-state index in [1.807, 2.05) is 13.2 Å². The number of halogens is 3. The third-order valence-electron chi connectivity index (χ3n) is 3.27. The molecule has 0 saturated heterocycles. The molecule has 2 rings (SSSR count). The van der Waals surface area contributed by atoms with Crippen LogP contribution in [0.15, 0.2) is 34.2 Å². The molecule has 0 aliphatic carbocycles. The van der Waals surface area contributed by atoms with Crippen LogP contribution < -0.4 is 5.56 Å². The molecule has 1 heterocycles. The normalized spacial score (nSPS) is 11.7. The zero-order valence-electron chi connectivity index (χ0n) is 12.1. The van der Waals surface area contributed by atoms with Gasteiger partial charge in [-0.2, -0.15) is 13.2 Å². The van der Waals surface area contributed by atoms with Crippen molar-refractivity contribution in [3.05, 3.63) is 57.0 Å². The minimum atomic E-state index is -4.36. The monoisotopic (exact) mass is 328 g/mol. The largest absolute Gasteiger partial charge is 0.416 e. The van der Waals surface area contributed by atoms with E-state index in [-0.39, 0.29) is 12.0 Å². The van der Waals surface area contributed by atoms with Crippen molar-refractivity contribution in [2.24, 2.45) is 0 Å². The predicted octanol–water partition coefficient (Wildman–Crippen LogP) is 3.66. The van der Waals surface area contributed by atoms with Crippen LogP contribution >= 0.6 is 11.8 Å². The van der Waals surface area contributed by atoms with E-state index in [4.69, 9.17) is 0 Å². The van der Waals surface area contributed by atoms with Crippen LogP contribution in [0.4, 0.5) is 13.2 Å². The van der Waals surface area contributed by atoms with Gasteiger partial charge in [0.05, 0.1) is 11.3 Å². The molecule has 0 fully saturated rings. The Bertz CT molecular complexity index is 708. The summed E-state index contributed by atoms with van der Waals surface area (Å²) in [7, 11) is 0. The molecule has 0 aliphatic rings. The number of hydrogen-bond donors (Lipinski definition) is 1. The van der Waals surface area contributed by atoms with Gasteiger partial charge < -0.3 is 4.98 Å². The number of hydrogen-bond acceptors (Lipinski definition) is 3. The number of aromatic nitrogens is 2. The van der Waals surface area contributed by atoms with Crippen LogP contribution in [0.2, 0.25) is 0 Å². The summed E-state index contributed by atoms with van der Waals surface area (Å²) in [4.78, 5) is 19.1. The number of H-pyrrole nitrogens is 1. The van der Waals surface area contributed by atoms with Crippen LogP contribution in [0.1, 0.15) is 29.3 Å². The maximum absolute atomic E-state index is 12.5. The van der Waals surface area contributed by atoms with Gasteiger partial charge in [-0.3, -0.25) is 4.79 Å². The van der Waals surface area contributed by atoms with Crippen molar-refractivity contribution in [2.45, 2.75) is 31.1 Å². The van der Waals surface area contributed by atoms with Crippen molar-refractivity contribution in [1.82, 2.24) is 9.97 Å². The van der Waals surface area contributed by atoms with Gasteiger partial charge in [0.25, 0.3) is 5.56 Å². The lowest BCUT2D eigenvalue weighted by atomic mass is 10.0. The van der Waals surface area contributed by atoms with Crippen molar-refractivity contribution in [2.75, 3.05) is 6.26 Å². The van der Waals surface area contributed by atoms with Gasteiger partial charge in [-0.15, -0.1) is 0 Å². The first-order valence-corrected chi connectivity index (χ1v) is 7.89. The molecule has 7 heteroatoms. The maximum atomic E-state index is 12.5. The fraction of sp³-hybridized carbons (Fsp3) is 0.333. The summed E-state index contributed by atoms with van der Waals surface area (Å²) in [6, 6.07) is 4.84. The Hall–Kier alpha value is -1.76. The van der Waals surface area contributed by atoms with Gasteiger partial charge in [0.2, 0.25) is 0 Å². The quantitative estimate of drug-likeness (QED) is 0.688. The highest BCUT2D eigenvalue weighted by Crippen LogP contribution is 2.29. The van der Waals surface area contributed by atoms with Crippen LogP contribution in [0, 0.1) is 0 Å². The van der Waals surface area contributed by atoms with Gasteiger partial charge in [0.15, 0.2) is 5.16 Å². The summed E-state index contributed by atoms with van der Waals surface area (Å²) in [5.74, 6) is 0. The highest BCUT2D eigenvalue weighted by atomic mass is 32.2. The molecule has 0 spiro atoms. The summed E-state index contributed by atoms with van der Waals surface area (Å²) >= 11 is 1.34. The molecule has 1 aromatic carbocycles. The number of aryl methyl sites for hydroxylation is 1. The van der Waals surface area contributed by atoms with E-state index in [9.17, 15) is 18.0 Å². The zero-order valence-corrected chi connectivity index (χ0v) is 12.9. The maximum Gasteiger partial charge on any atom is 0.416 e. The molecular weight excluding hydrogens is 313 g/mol. The van der Waals surface area contributed by atoms with Crippen molar-refractivity contribution in [1.29, 1.82) is 0 Å². The molecule has 3 nitrogen and oxygen atoms in total. The topological polar surface area (TPSA) is 45.8 Å². The van der Waals surface area contributed by atoms with Gasteiger partial charge in [-0.05, 0) is 30.4 Å². The molecule has 1 N–H and O–H groups in total. The first kappa shape index (κ1) is 16.6. The number of thioether (sulfide) groups is 1. The van der Waals surface area contributed by atoms with Crippen LogP contribution in [0.5, 0.6) is 0 Å². The van der Waals surface area contributed by atoms with Gasteiger partial charge in [0, 0.05) is 12.0 Å². The Morgan fingerprint density at radius 1 is 1.23 bits per heavy atom. The van der Waals surface area contributed by atoms with Gasteiger partial charge in [-0.1, -0.05) is 30.8 Å². The average molecular weight is 328 g/mol. The third-order valence-corrected chi connectivity index (χ3v) is 3.85. The van der Waals surface area contributed by atoms with Crippen molar-refractivity contribution >= 4 is 11.8 Å². The molecule has 0 amide bonds. The third kappa shape index (κ3) is 3.71. The number of rotatable bonds is 4. The SMILES string of the molecule is CCc1nc(SC)[nH]c(=O)c1Cc1ccc(C(F)(F)F)cc1. The molecule has 0 atom stereocenters. The van der Waals surface area contributed by atoms with Crippen molar-refractivity contribution in [3.8, 4) is 0 Å². The first-order chi connectivity index (χ1) is 10.3. The molecule has 0 saturated carbocycles. The average Bonchev–Trinajstić information content (AvgIpc) is 2.48. The highest BCUT2D eigenvalue weighted by molar-refractivity contribution is 7.98. The van der Waals surface area contributed by atoms with E-state index in [1.54, 1.807) is 0 Å². The number of aromatic amines is 1. The van der Waals surface area contributed by atoms with E-state index in [1.165, 1.54) is 23.9 Å². The molecule has 0 unspecified atom stereocenters. The molecule has 2 aromatic rings. The van der Waals surface area contributed by atoms with Crippen LogP contribution in [-0.2, 0) is 19.0 Å². The second kappa shape index (κ2) is 6.56. The summed E-state index contributed by atoms with van der Waals surface area (Å²) in [6.45, 7) is 1.89. The Kier molecular flexibility index (Phi) is 4.95. The number of nitrogens with zero attached hydrogens (tertiary/aromatic N) is 1. The molecule has 22 heavy (non-hydrogen) atoms. The van der Waals surface area contributed by atoms with Crippen LogP contribution in [0.25, 0.3) is 0 Å². The smallest absolute Gasteiger partial charge is 0.301 e. The summed E-state index contributed by atoms with van der Waals surface area (Å²) in [5.41, 5.74) is 0.882. The molecule has 1 aromatic heterocycles. The highest BCUT2D eigenvalue weighted by Gasteiger charge is 2.29. The van der Waals surface area contributed by atoms with Crippen molar-refractivity contribution < 1.29 is 13.2 Å². The van der Waals surface area contributed by atoms with E-state index < -0.39 is 11.7 Å². The van der Waals surface area contributed by atoms with Crippen LogP contribution in [0.3, 0.4) is 0 Å². The number of benzene rings is 1. The zero-order chi connectivity index (χ0) is 16.3. The number of nitrogens with one attached hydrogen (secondary N) is 1. The Morgan fingerprint density at radius 3 is 2.36 bits per heavy atom. The molecule has 0 bridgehead atoms. The van der Waals surface area contributed by atoms with Gasteiger partial charge >= 0.3 is 6.18 Å². The lowest BCUT2D eigenvalue weighted by Crippen LogP contribution is -2.19. The minimum Gasteiger partial charge on any atom is -0.301 e. The summed E-state index contributed by atoms with van der Waals surface area (Å²) in [5, 5.41) is 0.540. The first-order valence-electron chi connectivity index (χ1n) is 6.67. The molecule has 0 radical (unpaired) electrons. The second-order valence-corrected chi connectivity index (χ2v) is 5.52. The van der Waals surface area contributed by atoms with E-state index in [0.29, 0.717) is 28.4 Å². The number of alkyl halides is 3. The van der Waals surface area contributed by atoms with E-state index in [2.05, 4.69) is 9.97 Å². The van der Waals surface area contributed by atoms with E-state index >= 15 is 0 Å². The fourth-order valence-corrected chi connectivity index (χ4v) is 2.50. The van der Waals surface area contributed by atoms with E-state index in [0.717, 1.165) is 12.1 Å². The molecular formula is C15H15F3N2OS. The van der Waals surface area contributed by atoms with Gasteiger partial charge in [0.1, 0.15) is 0 Å². The lowest BCUT2D eigenvalue weighted by molar-refractivity contribution is -0.137. The lowest BCUT2D eigenvalue weighted by Gasteiger charge is -2.10. The van der Waals surface area contributed by atoms with Gasteiger partial charge in [-0.25, -0.2) is 4.98 Å². The predicted molar refractivity (Wildman–Crippen MR) is 80.3 cm³/mol. The summed E-state index contributed by atoms with van der Waals surface area (Å²) in [6.07, 6.45) is -1.69. The Labute approximate surface area is 130 Å². The second-order valence-electron chi connectivity index (χ2n) is 4.73. The van der Waals surface area contributed by atoms with Crippen molar-refractivity contribution in [3.63, 3.8) is 0 Å². The Balaban J connectivity index is 2.33. The standard InChI is InChI=1S/C15H15F3N2OS/c1-3-12-11(13(21)20-14(19-12)22-2)8-9-4-6-10(7-5-9)15(16,17)18/h4-7H,3,8H2,1-2H3,(H,19,20,21). The Morgan fingerprint density at radius 2 is 1.86 bits per heavy atom. The summed E-state index contributed by atoms with van der Waals surface area (Å²) < 4.78 is 37.6.